The SMILES string of the molecule is CNC(=O)CCNC(=O)CC(C)C. The van der Waals surface area contributed by atoms with Crippen LogP contribution in [0.5, 0.6) is 0 Å². The summed E-state index contributed by atoms with van der Waals surface area (Å²) in [5.41, 5.74) is 0. The zero-order valence-corrected chi connectivity index (χ0v) is 8.52. The molecule has 4 heteroatoms. The molecule has 0 aliphatic carbocycles. The van der Waals surface area contributed by atoms with Crippen LogP contribution in [0, 0.1) is 5.92 Å². The maximum absolute atomic E-state index is 11.1. The molecule has 0 spiro atoms. The van der Waals surface area contributed by atoms with Crippen molar-refractivity contribution in [1.82, 2.24) is 10.6 Å². The van der Waals surface area contributed by atoms with Crippen molar-refractivity contribution in [3.63, 3.8) is 0 Å². The first-order valence-electron chi connectivity index (χ1n) is 4.53. The highest BCUT2D eigenvalue weighted by atomic mass is 16.2. The number of carbonyl (C=O) groups is 2. The van der Waals surface area contributed by atoms with Gasteiger partial charge in [-0.3, -0.25) is 9.59 Å². The summed E-state index contributed by atoms with van der Waals surface area (Å²) in [6.07, 6.45) is 0.869. The summed E-state index contributed by atoms with van der Waals surface area (Å²) >= 11 is 0. The van der Waals surface area contributed by atoms with E-state index in [9.17, 15) is 9.59 Å². The van der Waals surface area contributed by atoms with Crippen molar-refractivity contribution in [2.75, 3.05) is 13.6 Å². The molecule has 0 aromatic carbocycles. The van der Waals surface area contributed by atoms with Gasteiger partial charge in [0.25, 0.3) is 0 Å². The van der Waals surface area contributed by atoms with Gasteiger partial charge in [0, 0.05) is 26.4 Å². The lowest BCUT2D eigenvalue weighted by Crippen LogP contribution is -2.29. The normalized spacial score (nSPS) is 9.85. The minimum absolute atomic E-state index is 0.0129. The molecule has 0 aromatic heterocycles. The van der Waals surface area contributed by atoms with Crippen LogP contribution in [-0.4, -0.2) is 25.4 Å². The van der Waals surface area contributed by atoms with Gasteiger partial charge in [0.1, 0.15) is 0 Å². The summed E-state index contributed by atoms with van der Waals surface area (Å²) in [5, 5.41) is 5.17. The van der Waals surface area contributed by atoms with E-state index in [-0.39, 0.29) is 11.8 Å². The van der Waals surface area contributed by atoms with E-state index in [1.807, 2.05) is 13.8 Å². The first-order chi connectivity index (χ1) is 6.06. The van der Waals surface area contributed by atoms with Crippen LogP contribution in [0.25, 0.3) is 0 Å². The van der Waals surface area contributed by atoms with Gasteiger partial charge in [0.05, 0.1) is 0 Å². The van der Waals surface area contributed by atoms with Gasteiger partial charge in [0.15, 0.2) is 0 Å². The van der Waals surface area contributed by atoms with Crippen LogP contribution < -0.4 is 10.6 Å². The van der Waals surface area contributed by atoms with Gasteiger partial charge in [-0.15, -0.1) is 0 Å². The summed E-state index contributed by atoms with van der Waals surface area (Å²) in [5.74, 6) is 0.323. The number of carbonyl (C=O) groups excluding carboxylic acids is 2. The molecular formula is C9H18N2O2. The molecule has 0 atom stereocenters. The molecule has 0 fully saturated rings. The highest BCUT2D eigenvalue weighted by molar-refractivity contribution is 5.78. The van der Waals surface area contributed by atoms with E-state index in [4.69, 9.17) is 0 Å². The third-order valence-electron chi connectivity index (χ3n) is 1.55. The van der Waals surface area contributed by atoms with Gasteiger partial charge in [-0.25, -0.2) is 0 Å². The second-order valence-electron chi connectivity index (χ2n) is 3.37. The molecule has 0 rings (SSSR count). The number of hydrogen-bond donors (Lipinski definition) is 2. The summed E-state index contributed by atoms with van der Waals surface area (Å²) in [6, 6.07) is 0. The van der Waals surface area contributed by atoms with Gasteiger partial charge >= 0.3 is 0 Å². The minimum Gasteiger partial charge on any atom is -0.359 e. The molecule has 2 amide bonds. The fourth-order valence-corrected chi connectivity index (χ4v) is 0.883. The van der Waals surface area contributed by atoms with Crippen LogP contribution in [0.15, 0.2) is 0 Å². The quantitative estimate of drug-likeness (QED) is 0.648. The summed E-state index contributed by atoms with van der Waals surface area (Å²) in [4.78, 5) is 21.8. The van der Waals surface area contributed by atoms with Gasteiger partial charge in [-0.05, 0) is 5.92 Å². The van der Waals surface area contributed by atoms with E-state index in [1.54, 1.807) is 7.05 Å². The third kappa shape index (κ3) is 7.31. The molecule has 0 unspecified atom stereocenters. The summed E-state index contributed by atoms with van der Waals surface area (Å²) < 4.78 is 0. The molecular weight excluding hydrogens is 168 g/mol. The Morgan fingerprint density at radius 3 is 2.31 bits per heavy atom. The van der Waals surface area contributed by atoms with Crippen molar-refractivity contribution in [2.45, 2.75) is 26.7 Å². The highest BCUT2D eigenvalue weighted by Gasteiger charge is 2.04. The van der Waals surface area contributed by atoms with Crippen molar-refractivity contribution in [3.8, 4) is 0 Å². The van der Waals surface area contributed by atoms with Crippen LogP contribution in [0.3, 0.4) is 0 Å². The number of amides is 2. The lowest BCUT2D eigenvalue weighted by atomic mass is 10.1. The van der Waals surface area contributed by atoms with Crippen LogP contribution in [0.2, 0.25) is 0 Å². The average Bonchev–Trinajstić information content (AvgIpc) is 2.02. The molecule has 0 bridgehead atoms. The number of hydrogen-bond acceptors (Lipinski definition) is 2. The van der Waals surface area contributed by atoms with Crippen LogP contribution >= 0.6 is 0 Å². The van der Waals surface area contributed by atoms with Crippen molar-refractivity contribution in [3.05, 3.63) is 0 Å². The summed E-state index contributed by atoms with van der Waals surface area (Å²) in [6.45, 7) is 4.39. The Labute approximate surface area is 79.1 Å². The average molecular weight is 186 g/mol. The predicted molar refractivity (Wildman–Crippen MR) is 51.1 cm³/mol. The highest BCUT2D eigenvalue weighted by Crippen LogP contribution is 1.97. The first kappa shape index (κ1) is 11.9. The summed E-state index contributed by atoms with van der Waals surface area (Å²) in [7, 11) is 1.58. The fraction of sp³-hybridized carbons (Fsp3) is 0.778. The lowest BCUT2D eigenvalue weighted by molar-refractivity contribution is -0.122. The zero-order valence-electron chi connectivity index (χ0n) is 8.52. The van der Waals surface area contributed by atoms with Crippen molar-refractivity contribution >= 4 is 11.8 Å². The van der Waals surface area contributed by atoms with Crippen molar-refractivity contribution < 1.29 is 9.59 Å². The monoisotopic (exact) mass is 186 g/mol. The predicted octanol–water partition coefficient (Wildman–Crippen LogP) is 0.285. The Balaban J connectivity index is 3.42. The molecule has 0 aliphatic heterocycles. The minimum atomic E-state index is -0.0511. The van der Waals surface area contributed by atoms with Gasteiger partial charge in [-0.2, -0.15) is 0 Å². The van der Waals surface area contributed by atoms with Crippen LogP contribution in [0.4, 0.5) is 0 Å². The van der Waals surface area contributed by atoms with Gasteiger partial charge in [-0.1, -0.05) is 13.8 Å². The molecule has 0 heterocycles. The molecule has 4 nitrogen and oxygen atoms in total. The maximum atomic E-state index is 11.1. The third-order valence-corrected chi connectivity index (χ3v) is 1.55. The van der Waals surface area contributed by atoms with Crippen molar-refractivity contribution in [2.24, 2.45) is 5.92 Å². The van der Waals surface area contributed by atoms with E-state index in [1.165, 1.54) is 0 Å². The molecule has 0 aromatic rings. The smallest absolute Gasteiger partial charge is 0.221 e. The Morgan fingerprint density at radius 1 is 1.23 bits per heavy atom. The Bertz CT molecular complexity index is 178. The van der Waals surface area contributed by atoms with E-state index in [0.717, 1.165) is 0 Å². The second kappa shape index (κ2) is 6.46. The lowest BCUT2D eigenvalue weighted by Gasteiger charge is -2.06. The Hall–Kier alpha value is -1.06. The Morgan fingerprint density at radius 2 is 1.85 bits per heavy atom. The second-order valence-corrected chi connectivity index (χ2v) is 3.37. The Kier molecular flexibility index (Phi) is 5.93. The van der Waals surface area contributed by atoms with E-state index < -0.39 is 0 Å². The molecule has 0 saturated heterocycles. The van der Waals surface area contributed by atoms with Crippen LogP contribution in [-0.2, 0) is 9.59 Å². The van der Waals surface area contributed by atoms with Crippen LogP contribution in [0.1, 0.15) is 26.7 Å². The molecule has 76 valence electrons. The molecule has 0 aliphatic rings. The van der Waals surface area contributed by atoms with E-state index >= 15 is 0 Å². The van der Waals surface area contributed by atoms with E-state index in [2.05, 4.69) is 10.6 Å². The fourth-order valence-electron chi connectivity index (χ4n) is 0.883. The molecule has 13 heavy (non-hydrogen) atoms. The van der Waals surface area contributed by atoms with Crippen molar-refractivity contribution in [1.29, 1.82) is 0 Å². The molecule has 2 N–H and O–H groups in total. The number of rotatable bonds is 5. The largest absolute Gasteiger partial charge is 0.359 e. The number of nitrogens with one attached hydrogen (secondary N) is 2. The zero-order chi connectivity index (χ0) is 10.3. The van der Waals surface area contributed by atoms with E-state index in [0.29, 0.717) is 25.3 Å². The molecule has 0 radical (unpaired) electrons. The first-order valence-corrected chi connectivity index (χ1v) is 4.53. The standard InChI is InChI=1S/C9H18N2O2/c1-7(2)6-9(13)11-5-4-8(12)10-3/h7H,4-6H2,1-3H3,(H,10,12)(H,11,13). The van der Waals surface area contributed by atoms with Gasteiger partial charge in [0.2, 0.25) is 11.8 Å². The van der Waals surface area contributed by atoms with Gasteiger partial charge < -0.3 is 10.6 Å². The molecule has 0 saturated carbocycles. The maximum Gasteiger partial charge on any atom is 0.221 e. The topological polar surface area (TPSA) is 58.2 Å².